The highest BCUT2D eigenvalue weighted by Gasteiger charge is 2.02. The van der Waals surface area contributed by atoms with Crippen molar-refractivity contribution < 1.29 is 0 Å². The van der Waals surface area contributed by atoms with Crippen LogP contribution in [-0.2, 0) is 0 Å². The number of allylic oxidation sites excluding steroid dienone is 3. The van der Waals surface area contributed by atoms with Gasteiger partial charge >= 0.3 is 0 Å². The van der Waals surface area contributed by atoms with Gasteiger partial charge in [0.2, 0.25) is 0 Å². The molecule has 0 amide bonds. The number of nitrogens with one attached hydrogen (secondary N) is 2. The molecular weight excluding hydrogens is 210 g/mol. The summed E-state index contributed by atoms with van der Waals surface area (Å²) in [6, 6.07) is 4.07. The maximum atomic E-state index is 5.99. The first kappa shape index (κ1) is 11.3. The van der Waals surface area contributed by atoms with Crippen LogP contribution >= 0.6 is 0 Å². The fourth-order valence-corrected chi connectivity index (χ4v) is 1.68. The van der Waals surface area contributed by atoms with Crippen molar-refractivity contribution >= 4 is 11.4 Å². The molecule has 0 saturated carbocycles. The lowest BCUT2D eigenvalue weighted by Gasteiger charge is -2.11. The van der Waals surface area contributed by atoms with Gasteiger partial charge in [0.25, 0.3) is 0 Å². The molecule has 0 aliphatic carbocycles. The Kier molecular flexibility index (Phi) is 3.19. The molecule has 0 spiro atoms. The van der Waals surface area contributed by atoms with E-state index in [4.69, 9.17) is 5.73 Å². The van der Waals surface area contributed by atoms with E-state index in [1.165, 1.54) is 0 Å². The van der Waals surface area contributed by atoms with Gasteiger partial charge in [0.1, 0.15) is 0 Å². The molecule has 4 N–H and O–H groups in total. The molecule has 2 rings (SSSR count). The Morgan fingerprint density at radius 2 is 1.88 bits per heavy atom. The van der Waals surface area contributed by atoms with Gasteiger partial charge < -0.3 is 16.4 Å². The fourth-order valence-electron chi connectivity index (χ4n) is 1.68. The molecule has 1 aliphatic heterocycles. The lowest BCUT2D eigenvalue weighted by Crippen LogP contribution is -2.01. The normalized spacial score (nSPS) is 13.4. The third-order valence-electron chi connectivity index (χ3n) is 2.87. The van der Waals surface area contributed by atoms with E-state index >= 15 is 0 Å². The van der Waals surface area contributed by atoms with E-state index in [1.807, 2.05) is 56.7 Å². The molecule has 1 aromatic rings. The zero-order valence-corrected chi connectivity index (χ0v) is 10.1. The molecule has 1 aliphatic rings. The Hall–Kier alpha value is -2.16. The zero-order valence-electron chi connectivity index (χ0n) is 10.1. The number of hydrogen-bond donors (Lipinski definition) is 3. The first-order valence-electron chi connectivity index (χ1n) is 5.60. The predicted molar refractivity (Wildman–Crippen MR) is 73.4 cm³/mol. The van der Waals surface area contributed by atoms with Gasteiger partial charge in [0.15, 0.2) is 0 Å². The maximum absolute atomic E-state index is 5.99. The first-order chi connectivity index (χ1) is 8.18. The van der Waals surface area contributed by atoms with Gasteiger partial charge in [-0.15, -0.1) is 0 Å². The van der Waals surface area contributed by atoms with Gasteiger partial charge in [-0.1, -0.05) is 6.07 Å². The summed E-state index contributed by atoms with van der Waals surface area (Å²) in [5.41, 5.74) is 11.2. The summed E-state index contributed by atoms with van der Waals surface area (Å²) in [7, 11) is 0. The van der Waals surface area contributed by atoms with Gasteiger partial charge in [-0.2, -0.15) is 0 Å². The molecule has 1 heterocycles. The van der Waals surface area contributed by atoms with Crippen LogP contribution in [0.4, 0.5) is 11.4 Å². The highest BCUT2D eigenvalue weighted by molar-refractivity contribution is 5.67. The molecule has 3 heteroatoms. The van der Waals surface area contributed by atoms with Crippen LogP contribution in [0.25, 0.3) is 0 Å². The molecule has 0 bridgehead atoms. The molecule has 0 aromatic heterocycles. The quantitative estimate of drug-likeness (QED) is 0.681. The van der Waals surface area contributed by atoms with Crippen LogP contribution in [0.3, 0.4) is 0 Å². The second-order valence-corrected chi connectivity index (χ2v) is 4.09. The van der Waals surface area contributed by atoms with E-state index in [1.54, 1.807) is 0 Å². The summed E-state index contributed by atoms with van der Waals surface area (Å²) in [5, 5.41) is 6.27. The topological polar surface area (TPSA) is 50.1 Å². The van der Waals surface area contributed by atoms with Gasteiger partial charge in [0, 0.05) is 30.0 Å². The standard InChI is InChI=1S/C14H17N3/c1-10-3-4-13(11(2)14(10)15)17-9-12-5-7-16-8-6-12/h3-9,16-17H,15H2,1-2H3. The summed E-state index contributed by atoms with van der Waals surface area (Å²) >= 11 is 0. The van der Waals surface area contributed by atoms with Gasteiger partial charge in [-0.25, -0.2) is 0 Å². The highest BCUT2D eigenvalue weighted by Crippen LogP contribution is 2.24. The molecule has 17 heavy (non-hydrogen) atoms. The van der Waals surface area contributed by atoms with E-state index in [0.717, 1.165) is 28.1 Å². The summed E-state index contributed by atoms with van der Waals surface area (Å²) in [6.07, 6.45) is 9.75. The lowest BCUT2D eigenvalue weighted by atomic mass is 10.1. The van der Waals surface area contributed by atoms with Crippen molar-refractivity contribution in [1.29, 1.82) is 0 Å². The second kappa shape index (κ2) is 4.78. The second-order valence-electron chi connectivity index (χ2n) is 4.09. The number of aryl methyl sites for hydroxylation is 1. The van der Waals surface area contributed by atoms with E-state index in [0.29, 0.717) is 0 Å². The Bertz CT molecular complexity index is 496. The Morgan fingerprint density at radius 3 is 2.59 bits per heavy atom. The number of anilines is 2. The monoisotopic (exact) mass is 227 g/mol. The molecule has 0 unspecified atom stereocenters. The van der Waals surface area contributed by atoms with Crippen LogP contribution in [0.1, 0.15) is 11.1 Å². The van der Waals surface area contributed by atoms with Crippen molar-refractivity contribution in [3.05, 3.63) is 59.6 Å². The van der Waals surface area contributed by atoms with Gasteiger partial charge in [0.05, 0.1) is 0 Å². The number of benzene rings is 1. The SMILES string of the molecule is Cc1ccc(NC=C2C=CNC=C2)c(C)c1N. The average Bonchev–Trinajstić information content (AvgIpc) is 2.36. The van der Waals surface area contributed by atoms with Crippen LogP contribution in [0.15, 0.2) is 48.5 Å². The molecule has 0 saturated heterocycles. The molecule has 88 valence electrons. The molecule has 3 nitrogen and oxygen atoms in total. The van der Waals surface area contributed by atoms with Crippen LogP contribution in [-0.4, -0.2) is 0 Å². The number of rotatable bonds is 2. The molecule has 0 atom stereocenters. The van der Waals surface area contributed by atoms with Crippen molar-refractivity contribution in [2.24, 2.45) is 0 Å². The van der Waals surface area contributed by atoms with Crippen molar-refractivity contribution in [3.63, 3.8) is 0 Å². The Morgan fingerprint density at radius 1 is 1.18 bits per heavy atom. The fraction of sp³-hybridized carbons (Fsp3) is 0.143. The van der Waals surface area contributed by atoms with Crippen molar-refractivity contribution in [3.8, 4) is 0 Å². The molecular formula is C14H17N3. The third-order valence-corrected chi connectivity index (χ3v) is 2.87. The minimum atomic E-state index is 0.852. The van der Waals surface area contributed by atoms with Crippen molar-refractivity contribution in [2.75, 3.05) is 11.1 Å². The number of dihydropyridines is 1. The number of hydrogen-bond acceptors (Lipinski definition) is 3. The molecule has 0 radical (unpaired) electrons. The largest absolute Gasteiger partial charge is 0.398 e. The first-order valence-corrected chi connectivity index (χ1v) is 5.60. The Labute approximate surface area is 102 Å². The molecule has 1 aromatic carbocycles. The summed E-state index contributed by atoms with van der Waals surface area (Å²) < 4.78 is 0. The number of nitrogens with two attached hydrogens (primary N) is 1. The summed E-state index contributed by atoms with van der Waals surface area (Å²) in [6.45, 7) is 4.04. The summed E-state index contributed by atoms with van der Waals surface area (Å²) in [5.74, 6) is 0. The van der Waals surface area contributed by atoms with Gasteiger partial charge in [-0.3, -0.25) is 0 Å². The van der Waals surface area contributed by atoms with Crippen LogP contribution in [0.2, 0.25) is 0 Å². The van der Waals surface area contributed by atoms with Crippen LogP contribution < -0.4 is 16.4 Å². The smallest absolute Gasteiger partial charge is 0.0430 e. The van der Waals surface area contributed by atoms with E-state index in [-0.39, 0.29) is 0 Å². The number of nitrogen functional groups attached to an aromatic ring is 1. The van der Waals surface area contributed by atoms with Crippen LogP contribution in [0, 0.1) is 13.8 Å². The van der Waals surface area contributed by atoms with Gasteiger partial charge in [-0.05, 0) is 48.8 Å². The van der Waals surface area contributed by atoms with E-state index in [9.17, 15) is 0 Å². The minimum absolute atomic E-state index is 0.852. The maximum Gasteiger partial charge on any atom is 0.0430 e. The van der Waals surface area contributed by atoms with E-state index < -0.39 is 0 Å². The average molecular weight is 227 g/mol. The predicted octanol–water partition coefficient (Wildman–Crippen LogP) is 2.81. The lowest BCUT2D eigenvalue weighted by molar-refractivity contribution is 1.16. The minimum Gasteiger partial charge on any atom is -0.398 e. The van der Waals surface area contributed by atoms with Crippen molar-refractivity contribution in [1.82, 2.24) is 5.32 Å². The zero-order chi connectivity index (χ0) is 12.3. The van der Waals surface area contributed by atoms with Crippen LogP contribution in [0.5, 0.6) is 0 Å². The highest BCUT2D eigenvalue weighted by atomic mass is 14.9. The third kappa shape index (κ3) is 2.50. The molecule has 0 fully saturated rings. The van der Waals surface area contributed by atoms with Crippen molar-refractivity contribution in [2.45, 2.75) is 13.8 Å². The summed E-state index contributed by atoms with van der Waals surface area (Å²) in [4.78, 5) is 0. The Balaban J connectivity index is 2.20. The van der Waals surface area contributed by atoms with E-state index in [2.05, 4.69) is 10.6 Å².